The van der Waals surface area contributed by atoms with Crippen LogP contribution in [0.1, 0.15) is 13.3 Å². The first-order valence-electron chi connectivity index (χ1n) is 6.82. The molecule has 23 heavy (non-hydrogen) atoms. The van der Waals surface area contributed by atoms with Crippen molar-refractivity contribution in [3.63, 3.8) is 0 Å². The van der Waals surface area contributed by atoms with Crippen molar-refractivity contribution in [2.75, 3.05) is 19.8 Å². The van der Waals surface area contributed by atoms with Crippen molar-refractivity contribution in [2.24, 2.45) is 0 Å². The second-order valence-corrected chi connectivity index (χ2v) is 5.93. The molecule has 0 aliphatic rings. The van der Waals surface area contributed by atoms with Crippen LogP contribution in [0.5, 0.6) is 11.5 Å². The summed E-state index contributed by atoms with van der Waals surface area (Å²) in [6, 6.07) is 3.23. The molecule has 1 rings (SSSR count). The molecule has 0 saturated heterocycles. The Morgan fingerprint density at radius 2 is 1.87 bits per heavy atom. The second-order valence-electron chi connectivity index (χ2n) is 4.11. The predicted octanol–water partition coefficient (Wildman–Crippen LogP) is 5.51. The molecule has 0 aromatic heterocycles. The zero-order valence-corrected chi connectivity index (χ0v) is 15.5. The molecule has 1 N–H and O–H groups in total. The van der Waals surface area contributed by atoms with Gasteiger partial charge in [0.05, 0.1) is 23.3 Å². The van der Waals surface area contributed by atoms with Gasteiger partial charge in [0.1, 0.15) is 16.8 Å². The first-order valence-corrected chi connectivity index (χ1v) is 8.34. The Morgan fingerprint density at radius 1 is 1.17 bits per heavy atom. The Kier molecular flexibility index (Phi) is 10.3. The molecule has 0 atom stereocenters. The van der Waals surface area contributed by atoms with Crippen LogP contribution in [-0.2, 0) is 4.84 Å². The number of rotatable bonds is 10. The summed E-state index contributed by atoms with van der Waals surface area (Å²) in [6.07, 6.45) is 5.75. The van der Waals surface area contributed by atoms with Gasteiger partial charge < -0.3 is 9.47 Å². The zero-order valence-electron chi connectivity index (χ0n) is 12.5. The van der Waals surface area contributed by atoms with Crippen molar-refractivity contribution < 1.29 is 14.3 Å². The van der Waals surface area contributed by atoms with E-state index >= 15 is 0 Å². The van der Waals surface area contributed by atoms with Gasteiger partial charge in [-0.15, -0.1) is 0 Å². The first kappa shape index (κ1) is 20.3. The fourth-order valence-electron chi connectivity index (χ4n) is 1.45. The van der Waals surface area contributed by atoms with Crippen LogP contribution in [0.2, 0.25) is 10.0 Å². The maximum atomic E-state index is 6.15. The van der Waals surface area contributed by atoms with E-state index in [4.69, 9.17) is 60.7 Å². The van der Waals surface area contributed by atoms with Crippen molar-refractivity contribution in [2.45, 2.75) is 13.3 Å². The minimum absolute atomic E-state index is 0.133. The van der Waals surface area contributed by atoms with E-state index in [0.29, 0.717) is 41.2 Å². The highest BCUT2D eigenvalue weighted by Gasteiger charge is 2.10. The molecule has 0 unspecified atom stereocenters. The van der Waals surface area contributed by atoms with Crippen molar-refractivity contribution in [1.82, 2.24) is 5.48 Å². The van der Waals surface area contributed by atoms with Crippen LogP contribution in [0.25, 0.3) is 0 Å². The van der Waals surface area contributed by atoms with Crippen LogP contribution in [0, 0.1) is 0 Å². The standard InChI is InChI=1S/C15H17Cl4NO3/c1-2-23-20-6-3-4-7-22-15-12(16)9-11(10-13(15)17)21-8-5-14(18)19/h3,5-6,9-10,20H,2,4,7-8H2,1H3. The molecule has 0 fully saturated rings. The van der Waals surface area contributed by atoms with Gasteiger partial charge in [-0.25, -0.2) is 0 Å². The highest BCUT2D eigenvalue weighted by atomic mass is 35.5. The molecule has 0 amide bonds. The zero-order chi connectivity index (χ0) is 17.1. The summed E-state index contributed by atoms with van der Waals surface area (Å²) >= 11 is 23.3. The van der Waals surface area contributed by atoms with E-state index in [-0.39, 0.29) is 11.1 Å². The summed E-state index contributed by atoms with van der Waals surface area (Å²) in [5.41, 5.74) is 2.66. The van der Waals surface area contributed by atoms with E-state index in [9.17, 15) is 0 Å². The number of ether oxygens (including phenoxy) is 2. The van der Waals surface area contributed by atoms with Gasteiger partial charge in [-0.2, -0.15) is 0 Å². The smallest absolute Gasteiger partial charge is 0.156 e. The number of hydroxylamine groups is 1. The van der Waals surface area contributed by atoms with E-state index in [2.05, 4.69) is 5.48 Å². The Hall–Kier alpha value is -0.780. The van der Waals surface area contributed by atoms with Crippen molar-refractivity contribution in [1.29, 1.82) is 0 Å². The third-order valence-electron chi connectivity index (χ3n) is 2.40. The maximum absolute atomic E-state index is 6.15. The molecule has 0 aliphatic heterocycles. The monoisotopic (exact) mass is 399 g/mol. The van der Waals surface area contributed by atoms with Crippen LogP contribution in [0.3, 0.4) is 0 Å². The molecule has 128 valence electrons. The highest BCUT2D eigenvalue weighted by Crippen LogP contribution is 2.37. The summed E-state index contributed by atoms with van der Waals surface area (Å²) in [7, 11) is 0. The molecular formula is C15H17Cl4NO3. The predicted molar refractivity (Wildman–Crippen MR) is 95.8 cm³/mol. The van der Waals surface area contributed by atoms with Crippen LogP contribution >= 0.6 is 46.4 Å². The van der Waals surface area contributed by atoms with E-state index in [1.807, 2.05) is 13.0 Å². The molecule has 0 saturated carbocycles. The first-order chi connectivity index (χ1) is 11.0. The van der Waals surface area contributed by atoms with Gasteiger partial charge >= 0.3 is 0 Å². The van der Waals surface area contributed by atoms with Crippen molar-refractivity contribution in [3.8, 4) is 11.5 Å². The quantitative estimate of drug-likeness (QED) is 0.414. The molecule has 0 aliphatic carbocycles. The Morgan fingerprint density at radius 3 is 2.48 bits per heavy atom. The molecule has 0 spiro atoms. The van der Waals surface area contributed by atoms with Crippen LogP contribution in [0.15, 0.2) is 35.0 Å². The summed E-state index contributed by atoms with van der Waals surface area (Å²) in [5, 5.41) is 0.731. The fraction of sp³-hybridized carbons (Fsp3) is 0.333. The van der Waals surface area contributed by atoms with E-state index in [1.54, 1.807) is 18.3 Å². The molecule has 8 heteroatoms. The molecule has 1 aromatic rings. The van der Waals surface area contributed by atoms with E-state index in [1.165, 1.54) is 6.08 Å². The SMILES string of the molecule is CCONC=CCCOc1c(Cl)cc(OCC=C(Cl)Cl)cc1Cl. The number of benzene rings is 1. The Bertz CT molecular complexity index is 523. The van der Waals surface area contributed by atoms with Crippen LogP contribution in [0.4, 0.5) is 0 Å². The second kappa shape index (κ2) is 11.7. The minimum Gasteiger partial charge on any atom is -0.490 e. The molecule has 0 bridgehead atoms. The van der Waals surface area contributed by atoms with Crippen molar-refractivity contribution >= 4 is 46.4 Å². The van der Waals surface area contributed by atoms with E-state index in [0.717, 1.165) is 0 Å². The van der Waals surface area contributed by atoms with Crippen LogP contribution in [-0.4, -0.2) is 19.8 Å². The summed E-state index contributed by atoms with van der Waals surface area (Å²) in [5.74, 6) is 0.914. The molecular weight excluding hydrogens is 384 g/mol. The lowest BCUT2D eigenvalue weighted by Gasteiger charge is -2.11. The van der Waals surface area contributed by atoms with Gasteiger partial charge in [0.2, 0.25) is 0 Å². The number of hydrogen-bond acceptors (Lipinski definition) is 4. The van der Waals surface area contributed by atoms with Gasteiger partial charge in [0, 0.05) is 24.8 Å². The van der Waals surface area contributed by atoms with Gasteiger partial charge in [-0.05, 0) is 13.0 Å². The number of hydrogen-bond donors (Lipinski definition) is 1. The van der Waals surface area contributed by atoms with Gasteiger partial charge in [-0.3, -0.25) is 10.3 Å². The Balaban J connectivity index is 2.50. The lowest BCUT2D eigenvalue weighted by Crippen LogP contribution is -2.05. The summed E-state index contributed by atoms with van der Waals surface area (Å²) in [6.45, 7) is 3.12. The maximum Gasteiger partial charge on any atom is 0.156 e. The lowest BCUT2D eigenvalue weighted by atomic mass is 10.3. The highest BCUT2D eigenvalue weighted by molar-refractivity contribution is 6.55. The molecule has 4 nitrogen and oxygen atoms in total. The normalized spacial score (nSPS) is 10.7. The largest absolute Gasteiger partial charge is 0.490 e. The minimum atomic E-state index is 0.133. The average Bonchev–Trinajstić information content (AvgIpc) is 2.48. The summed E-state index contributed by atoms with van der Waals surface area (Å²) < 4.78 is 11.1. The molecule has 0 heterocycles. The Labute approximate surface area is 155 Å². The molecule has 1 aromatic carbocycles. The average molecular weight is 401 g/mol. The third kappa shape index (κ3) is 8.58. The van der Waals surface area contributed by atoms with Crippen molar-refractivity contribution in [3.05, 3.63) is 45.0 Å². The van der Waals surface area contributed by atoms with Gasteiger partial charge in [0.15, 0.2) is 5.75 Å². The summed E-state index contributed by atoms with van der Waals surface area (Å²) in [4.78, 5) is 4.94. The van der Waals surface area contributed by atoms with Gasteiger partial charge in [0.25, 0.3) is 0 Å². The lowest BCUT2D eigenvalue weighted by molar-refractivity contribution is 0.0823. The van der Waals surface area contributed by atoms with E-state index < -0.39 is 0 Å². The van der Waals surface area contributed by atoms with Crippen LogP contribution < -0.4 is 15.0 Å². The topological polar surface area (TPSA) is 39.7 Å². The number of halogens is 4. The third-order valence-corrected chi connectivity index (χ3v) is 3.27. The fourth-order valence-corrected chi connectivity index (χ4v) is 2.15. The molecule has 0 radical (unpaired) electrons. The van der Waals surface area contributed by atoms with Gasteiger partial charge in [-0.1, -0.05) is 52.5 Å². The number of nitrogens with one attached hydrogen (secondary N) is 1.